The third-order valence-electron chi connectivity index (χ3n) is 7.14. The van der Waals surface area contributed by atoms with Crippen LogP contribution in [-0.4, -0.2) is 60.6 Å². The summed E-state index contributed by atoms with van der Waals surface area (Å²) in [5.74, 6) is 1.81. The van der Waals surface area contributed by atoms with Gasteiger partial charge in [0.15, 0.2) is 0 Å². The Bertz CT molecular complexity index is 513. The Morgan fingerprint density at radius 2 is 0.567 bits per heavy atom. The molecule has 174 valence electrons. The van der Waals surface area contributed by atoms with Gasteiger partial charge in [0.2, 0.25) is 0 Å². The lowest BCUT2D eigenvalue weighted by molar-refractivity contribution is 0.00578. The monoisotopic (exact) mass is 490 g/mol. The van der Waals surface area contributed by atoms with Crippen LogP contribution in [0.2, 0.25) is 6.82 Å². The fourth-order valence-electron chi connectivity index (χ4n) is 3.14. The molecular formula is C20H42B3BrO6. The molecule has 30 heavy (non-hydrogen) atoms. The van der Waals surface area contributed by atoms with Gasteiger partial charge in [0.05, 0.1) is 33.6 Å². The zero-order chi connectivity index (χ0) is 24.0. The number of hydrogen-bond acceptors (Lipinski definition) is 6. The van der Waals surface area contributed by atoms with E-state index in [0.717, 1.165) is 0 Å². The van der Waals surface area contributed by atoms with Crippen LogP contribution in [0.25, 0.3) is 0 Å². The van der Waals surface area contributed by atoms with Crippen LogP contribution >= 0.6 is 15.9 Å². The Labute approximate surface area is 194 Å². The molecule has 3 fully saturated rings. The lowest BCUT2D eigenvalue weighted by Crippen LogP contribution is -2.41. The number of rotatable bonds is 1. The van der Waals surface area contributed by atoms with Gasteiger partial charge in [-0.25, -0.2) is 0 Å². The fraction of sp³-hybridized carbons (Fsp3) is 1.00. The molecule has 3 heterocycles. The normalized spacial score (nSPS) is 29.1. The highest BCUT2D eigenvalue weighted by atomic mass is 79.9. The van der Waals surface area contributed by atoms with Crippen molar-refractivity contribution in [2.45, 2.75) is 124 Å². The van der Waals surface area contributed by atoms with Gasteiger partial charge >= 0.3 is 21.1 Å². The molecule has 0 saturated carbocycles. The van der Waals surface area contributed by atoms with Crippen LogP contribution in [0.1, 0.15) is 83.1 Å². The van der Waals surface area contributed by atoms with Crippen molar-refractivity contribution in [2.24, 2.45) is 0 Å². The summed E-state index contributed by atoms with van der Waals surface area (Å²) in [6.45, 7) is 26.3. The van der Waals surface area contributed by atoms with E-state index in [1.165, 1.54) is 0 Å². The van der Waals surface area contributed by atoms with Crippen molar-refractivity contribution in [3.63, 3.8) is 0 Å². The van der Waals surface area contributed by atoms with Crippen LogP contribution in [0.4, 0.5) is 0 Å². The van der Waals surface area contributed by atoms with Crippen LogP contribution in [0.15, 0.2) is 0 Å². The number of halogens is 1. The van der Waals surface area contributed by atoms with E-state index in [0.29, 0.717) is 0 Å². The molecule has 0 bridgehead atoms. The summed E-state index contributed by atoms with van der Waals surface area (Å²) in [4.78, 5) is 0. The minimum Gasteiger partial charge on any atom is -0.405 e. The molecule has 6 nitrogen and oxygen atoms in total. The maximum atomic E-state index is 5.96. The summed E-state index contributed by atoms with van der Waals surface area (Å²) in [6, 6.07) is 0. The minimum absolute atomic E-state index is 0.0648. The molecule has 3 aliphatic rings. The SMILES string of the molecule is CB1OC(C)(C)C(C)(C)O1.CBr.CC1(C)OB(B2OC(C)(C)C(C)(C)O2)OC1(C)C. The van der Waals surface area contributed by atoms with E-state index in [4.69, 9.17) is 27.9 Å². The molecule has 0 aromatic heterocycles. The predicted octanol–water partition coefficient (Wildman–Crippen LogP) is 4.97. The molecule has 0 atom stereocenters. The fourth-order valence-corrected chi connectivity index (χ4v) is 3.14. The molecule has 10 heteroatoms. The summed E-state index contributed by atoms with van der Waals surface area (Å²) in [6.07, 6.45) is 0. The van der Waals surface area contributed by atoms with Gasteiger partial charge < -0.3 is 27.9 Å². The summed E-state index contributed by atoms with van der Waals surface area (Å²) < 4.78 is 34.9. The quantitative estimate of drug-likeness (QED) is 0.382. The Balaban J connectivity index is 0.000000318. The van der Waals surface area contributed by atoms with Crippen molar-refractivity contribution >= 4 is 37.1 Å². The second-order valence-corrected chi connectivity index (χ2v) is 11.1. The zero-order valence-electron chi connectivity index (χ0n) is 21.6. The van der Waals surface area contributed by atoms with Crippen molar-refractivity contribution in [1.29, 1.82) is 0 Å². The largest absolute Gasteiger partial charge is 0.488 e. The topological polar surface area (TPSA) is 55.4 Å². The Hall–Kier alpha value is 0.435. The van der Waals surface area contributed by atoms with Crippen LogP contribution in [0, 0.1) is 0 Å². The predicted molar refractivity (Wildman–Crippen MR) is 129 cm³/mol. The molecule has 3 rings (SSSR count). The van der Waals surface area contributed by atoms with Gasteiger partial charge in [-0.05, 0) is 95.7 Å². The lowest BCUT2D eigenvalue weighted by Gasteiger charge is -2.32. The molecule has 0 unspecified atom stereocenters. The lowest BCUT2D eigenvalue weighted by atomic mass is 9.49. The van der Waals surface area contributed by atoms with E-state index in [9.17, 15) is 0 Å². The molecule has 0 aromatic rings. The van der Waals surface area contributed by atoms with Gasteiger partial charge in [-0.15, -0.1) is 0 Å². The van der Waals surface area contributed by atoms with Gasteiger partial charge in [-0.3, -0.25) is 0 Å². The summed E-state index contributed by atoms with van der Waals surface area (Å²) in [5, 5.41) is 0. The second-order valence-electron chi connectivity index (χ2n) is 11.1. The van der Waals surface area contributed by atoms with E-state index < -0.39 is 14.0 Å². The molecule has 3 saturated heterocycles. The first-order valence-electron chi connectivity index (χ1n) is 10.7. The van der Waals surface area contributed by atoms with Crippen molar-refractivity contribution in [3.8, 4) is 0 Å². The van der Waals surface area contributed by atoms with Gasteiger partial charge in [0.1, 0.15) is 0 Å². The highest BCUT2D eigenvalue weighted by Crippen LogP contribution is 2.43. The second kappa shape index (κ2) is 9.00. The molecule has 0 radical (unpaired) electrons. The van der Waals surface area contributed by atoms with E-state index in [1.807, 2.05) is 68.0 Å². The number of hydrogen-bond donors (Lipinski definition) is 0. The first-order valence-corrected chi connectivity index (χ1v) is 12.3. The molecule has 0 aromatic carbocycles. The van der Waals surface area contributed by atoms with Gasteiger partial charge in [0, 0.05) is 0 Å². The van der Waals surface area contributed by atoms with Crippen molar-refractivity contribution in [2.75, 3.05) is 5.83 Å². The number of alkyl halides is 1. The average Bonchev–Trinajstić information content (AvgIpc) is 2.96. The van der Waals surface area contributed by atoms with Gasteiger partial charge in [-0.2, -0.15) is 0 Å². The molecule has 0 spiro atoms. The van der Waals surface area contributed by atoms with Crippen LogP contribution in [0.3, 0.4) is 0 Å². The third-order valence-corrected chi connectivity index (χ3v) is 7.14. The maximum absolute atomic E-state index is 5.96. The zero-order valence-corrected chi connectivity index (χ0v) is 23.1. The Kier molecular flexibility index (Phi) is 8.54. The van der Waals surface area contributed by atoms with Crippen molar-refractivity contribution in [3.05, 3.63) is 0 Å². The Morgan fingerprint density at radius 1 is 0.400 bits per heavy atom. The smallest absolute Gasteiger partial charge is 0.405 e. The first kappa shape index (κ1) is 28.5. The highest BCUT2D eigenvalue weighted by molar-refractivity contribution is 9.08. The molecule has 3 aliphatic heterocycles. The standard InChI is InChI=1S/C12H24B2O4.C7H15BO2.CH3Br/c1-9(2)10(3,4)16-13(15-9)14-17-11(5,6)12(7,8)18-14;1-6(2)7(3,4)10-8(5)9-6;1-2/h1-8H3;1-5H3;1H3. The van der Waals surface area contributed by atoms with E-state index in [1.54, 1.807) is 0 Å². The van der Waals surface area contributed by atoms with Crippen LogP contribution in [-0.2, 0) is 27.9 Å². The summed E-state index contributed by atoms with van der Waals surface area (Å²) >= 11 is 2.94. The van der Waals surface area contributed by atoms with Crippen LogP contribution < -0.4 is 0 Å². The van der Waals surface area contributed by atoms with Crippen molar-refractivity contribution in [1.82, 2.24) is 0 Å². The van der Waals surface area contributed by atoms with E-state index in [2.05, 4.69) is 43.6 Å². The van der Waals surface area contributed by atoms with Gasteiger partial charge in [-0.1, -0.05) is 15.9 Å². The summed E-state index contributed by atoms with van der Waals surface area (Å²) in [7, 11) is -1.02. The molecular weight excluding hydrogens is 449 g/mol. The maximum Gasteiger partial charge on any atom is 0.488 e. The molecule has 0 aliphatic carbocycles. The highest BCUT2D eigenvalue weighted by Gasteiger charge is 2.63. The average molecular weight is 491 g/mol. The Morgan fingerprint density at radius 3 is 0.700 bits per heavy atom. The van der Waals surface area contributed by atoms with Crippen molar-refractivity contribution < 1.29 is 27.9 Å². The summed E-state index contributed by atoms with van der Waals surface area (Å²) in [5.41, 5.74) is -1.76. The van der Waals surface area contributed by atoms with Gasteiger partial charge in [0.25, 0.3) is 0 Å². The van der Waals surface area contributed by atoms with Crippen LogP contribution in [0.5, 0.6) is 0 Å². The third kappa shape index (κ3) is 5.67. The van der Waals surface area contributed by atoms with E-state index >= 15 is 0 Å². The molecule has 0 N–H and O–H groups in total. The van der Waals surface area contributed by atoms with E-state index in [-0.39, 0.29) is 40.7 Å². The first-order chi connectivity index (χ1) is 13.2. The molecule has 0 amide bonds. The minimum atomic E-state index is -0.476.